The molecule has 0 saturated heterocycles. The first-order valence-corrected chi connectivity index (χ1v) is 2.67. The zero-order valence-electron chi connectivity index (χ0n) is 3.37. The van der Waals surface area contributed by atoms with Crippen molar-refractivity contribution in [3.05, 3.63) is 22.5 Å². The van der Waals surface area contributed by atoms with E-state index in [9.17, 15) is 4.79 Å². The van der Waals surface area contributed by atoms with Crippen molar-refractivity contribution in [3.63, 3.8) is 0 Å². The maximum atomic E-state index is 10.0. The quantitative estimate of drug-likeness (QED) is 0.497. The van der Waals surface area contributed by atoms with Crippen molar-refractivity contribution in [1.29, 1.82) is 0 Å². The van der Waals surface area contributed by atoms with Gasteiger partial charge in [0.15, 0.2) is 0 Å². The van der Waals surface area contributed by atoms with Gasteiger partial charge in [0.2, 0.25) is 0 Å². The summed E-state index contributed by atoms with van der Waals surface area (Å²) >= 11 is 0. The van der Waals surface area contributed by atoms with Gasteiger partial charge in [0.05, 0.1) is 5.93 Å². The number of hydrogen-bond acceptors (Lipinski definition) is 3. The minimum atomic E-state index is -0.529. The van der Waals surface area contributed by atoms with Crippen LogP contribution < -0.4 is 5.76 Å². The lowest BCUT2D eigenvalue weighted by atomic mass is 11.3. The van der Waals surface area contributed by atoms with Crippen molar-refractivity contribution in [3.8, 4) is 0 Å². The maximum absolute atomic E-state index is 10.0. The lowest BCUT2D eigenvalue weighted by Gasteiger charge is -1.70. The second-order valence-corrected chi connectivity index (χ2v) is 1.62. The molecule has 1 aromatic heterocycles. The van der Waals surface area contributed by atoms with Crippen molar-refractivity contribution in [1.82, 2.24) is 4.98 Å². The summed E-state index contributed by atoms with van der Waals surface area (Å²) in [5, 5.41) is 0. The van der Waals surface area contributed by atoms with E-state index in [0.717, 1.165) is 8.19 Å². The summed E-state index contributed by atoms with van der Waals surface area (Å²) in [5.41, 5.74) is 0. The molecule has 36 valence electrons. The first kappa shape index (κ1) is 4.47. The average molecular weight is 115 g/mol. The van der Waals surface area contributed by atoms with Gasteiger partial charge in [0.1, 0.15) is 5.99 Å². The molecule has 0 aliphatic carbocycles. The van der Waals surface area contributed by atoms with Crippen LogP contribution in [0, 0.1) is 0 Å². The first-order chi connectivity index (χ1) is 3.39. The molecule has 0 aliphatic rings. The van der Waals surface area contributed by atoms with Crippen LogP contribution >= 0.6 is 8.19 Å². The lowest BCUT2D eigenvalue weighted by Crippen LogP contribution is -1.97. The molecule has 3 nitrogen and oxygen atoms in total. The van der Waals surface area contributed by atoms with E-state index in [2.05, 4.69) is 9.40 Å². The summed E-state index contributed by atoms with van der Waals surface area (Å²) in [5.74, 6) is 2.33. The minimum absolute atomic E-state index is 0.529. The highest BCUT2D eigenvalue weighted by Gasteiger charge is 1.74. The van der Waals surface area contributed by atoms with Crippen molar-refractivity contribution >= 4 is 8.19 Å². The summed E-state index contributed by atoms with van der Waals surface area (Å²) < 4.78 is 4.30. The third-order valence-electron chi connectivity index (χ3n) is 0.444. The highest BCUT2D eigenvalue weighted by Crippen LogP contribution is 1.91. The zero-order chi connectivity index (χ0) is 5.11. The van der Waals surface area contributed by atoms with Crippen molar-refractivity contribution in [2.75, 3.05) is 0 Å². The van der Waals surface area contributed by atoms with Crippen LogP contribution in [0.5, 0.6) is 0 Å². The lowest BCUT2D eigenvalue weighted by molar-refractivity contribution is 0.499. The fourth-order valence-corrected chi connectivity index (χ4v) is 0.580. The summed E-state index contributed by atoms with van der Waals surface area (Å²) in [6.45, 7) is 0. The van der Waals surface area contributed by atoms with E-state index >= 15 is 0 Å². The molecule has 1 heterocycles. The fraction of sp³-hybridized carbons (Fsp3) is 0. The Bertz CT molecular complexity index is 179. The fourth-order valence-electron chi connectivity index (χ4n) is 0.214. The van der Waals surface area contributed by atoms with E-state index in [1.165, 1.54) is 11.9 Å². The van der Waals surface area contributed by atoms with Gasteiger partial charge in [-0.1, -0.05) is 0 Å². The Balaban J connectivity index is 3.28. The van der Waals surface area contributed by atoms with Gasteiger partial charge in [-0.15, -0.1) is 0 Å². The molecule has 4 heteroatoms. The SMILES string of the molecule is O=c1ncpco1. The van der Waals surface area contributed by atoms with E-state index in [-0.39, 0.29) is 0 Å². The Morgan fingerprint density at radius 1 is 1.86 bits per heavy atom. The Kier molecular flexibility index (Phi) is 1.18. The standard InChI is InChI=1S/C3H2NO2P/c5-3-4-1-7-2-6-3/h1-2H. The minimum Gasteiger partial charge on any atom is -0.412 e. The molecule has 0 unspecified atom stereocenters. The molecule has 0 aromatic carbocycles. The highest BCUT2D eigenvalue weighted by molar-refractivity contribution is 7.27. The average Bonchev–Trinajstić information content (AvgIpc) is 1.69. The normalized spacial score (nSPS) is 9.71. The Morgan fingerprint density at radius 3 is 3.00 bits per heavy atom. The molecule has 0 spiro atoms. The summed E-state index contributed by atoms with van der Waals surface area (Å²) in [6, 6.07) is 0. The van der Waals surface area contributed by atoms with E-state index in [4.69, 9.17) is 0 Å². The molecule has 1 aromatic rings. The van der Waals surface area contributed by atoms with Gasteiger partial charge in [0.25, 0.3) is 0 Å². The Labute approximate surface area is 41.1 Å². The zero-order valence-corrected chi connectivity index (χ0v) is 4.26. The molecule has 7 heavy (non-hydrogen) atoms. The second kappa shape index (κ2) is 1.85. The van der Waals surface area contributed by atoms with E-state index in [0.29, 0.717) is 0 Å². The second-order valence-electron chi connectivity index (χ2n) is 0.883. The third kappa shape index (κ3) is 1.09. The molecule has 0 N–H and O–H groups in total. The van der Waals surface area contributed by atoms with Gasteiger partial charge >= 0.3 is 5.76 Å². The molecule has 0 bridgehead atoms. The number of hydrogen-bond donors (Lipinski definition) is 0. The van der Waals surface area contributed by atoms with Crippen LogP contribution in [0.3, 0.4) is 0 Å². The third-order valence-corrected chi connectivity index (χ3v) is 0.920. The van der Waals surface area contributed by atoms with Gasteiger partial charge in [-0.05, 0) is 8.19 Å². The van der Waals surface area contributed by atoms with Crippen LogP contribution in [-0.4, -0.2) is 4.98 Å². The predicted molar refractivity (Wildman–Crippen MR) is 25.3 cm³/mol. The van der Waals surface area contributed by atoms with E-state index in [1.807, 2.05) is 0 Å². The van der Waals surface area contributed by atoms with Crippen LogP contribution in [-0.2, 0) is 0 Å². The summed E-state index contributed by atoms with van der Waals surface area (Å²) in [7, 11) is 0.833. The van der Waals surface area contributed by atoms with Crippen molar-refractivity contribution in [2.45, 2.75) is 0 Å². The molecular weight excluding hydrogens is 113 g/mol. The molecule has 0 saturated carbocycles. The van der Waals surface area contributed by atoms with Gasteiger partial charge < -0.3 is 4.42 Å². The largest absolute Gasteiger partial charge is 0.439 e. The molecule has 0 radical (unpaired) electrons. The molecular formula is C3H2NO2P. The van der Waals surface area contributed by atoms with E-state index in [1.54, 1.807) is 0 Å². The Morgan fingerprint density at radius 2 is 2.71 bits per heavy atom. The number of nitrogens with zero attached hydrogens (tertiary/aromatic N) is 1. The molecule has 0 amide bonds. The molecule has 0 atom stereocenters. The van der Waals surface area contributed by atoms with Crippen LogP contribution in [0.15, 0.2) is 21.1 Å². The maximum Gasteiger partial charge on any atom is 0.439 e. The highest BCUT2D eigenvalue weighted by atomic mass is 31.0. The van der Waals surface area contributed by atoms with Crippen LogP contribution in [0.2, 0.25) is 0 Å². The van der Waals surface area contributed by atoms with Crippen molar-refractivity contribution in [2.24, 2.45) is 0 Å². The van der Waals surface area contributed by atoms with Gasteiger partial charge in [-0.3, -0.25) is 0 Å². The van der Waals surface area contributed by atoms with Gasteiger partial charge in [0, 0.05) is 0 Å². The van der Waals surface area contributed by atoms with Crippen LogP contribution in [0.1, 0.15) is 0 Å². The van der Waals surface area contributed by atoms with Crippen LogP contribution in [0.25, 0.3) is 0 Å². The summed E-state index contributed by atoms with van der Waals surface area (Å²) in [6.07, 6.45) is 0. The number of rotatable bonds is 0. The molecule has 0 aliphatic heterocycles. The van der Waals surface area contributed by atoms with Crippen LogP contribution in [0.4, 0.5) is 0 Å². The topological polar surface area (TPSA) is 43.1 Å². The van der Waals surface area contributed by atoms with Gasteiger partial charge in [-0.2, -0.15) is 4.98 Å². The number of aromatic nitrogens is 1. The predicted octanol–water partition coefficient (Wildman–Crippen LogP) is 0.615. The Hall–Kier alpha value is -0.690. The monoisotopic (exact) mass is 115 g/mol. The molecule has 0 fully saturated rings. The van der Waals surface area contributed by atoms with Crippen molar-refractivity contribution < 1.29 is 4.42 Å². The molecule has 1 rings (SSSR count). The van der Waals surface area contributed by atoms with E-state index < -0.39 is 5.76 Å². The first-order valence-electron chi connectivity index (χ1n) is 1.64. The smallest absolute Gasteiger partial charge is 0.412 e. The summed E-state index contributed by atoms with van der Waals surface area (Å²) in [4.78, 5) is 13.3. The van der Waals surface area contributed by atoms with Gasteiger partial charge in [-0.25, -0.2) is 4.79 Å².